The van der Waals surface area contributed by atoms with Crippen LogP contribution in [0.3, 0.4) is 0 Å². The number of carbonyl (C=O) groups is 1. The fraction of sp³-hybridized carbons (Fsp3) is 0.357. The largest absolute Gasteiger partial charge is 0.503 e. The van der Waals surface area contributed by atoms with Crippen LogP contribution in [-0.4, -0.2) is 69.5 Å². The Labute approximate surface area is 244 Å². The number of aromatic nitrogens is 4. The zero-order valence-corrected chi connectivity index (χ0v) is 24.2. The van der Waals surface area contributed by atoms with Crippen molar-refractivity contribution in [2.75, 3.05) is 33.2 Å². The summed E-state index contributed by atoms with van der Waals surface area (Å²) in [5.74, 6) is 0.562. The van der Waals surface area contributed by atoms with Crippen LogP contribution in [0.1, 0.15) is 37.3 Å². The highest BCUT2D eigenvalue weighted by Gasteiger charge is 2.27. The first kappa shape index (κ1) is 30.2. The van der Waals surface area contributed by atoms with E-state index in [1.165, 1.54) is 13.2 Å². The van der Waals surface area contributed by atoms with Crippen molar-refractivity contribution in [2.45, 2.75) is 37.7 Å². The number of hydrogen-bond acceptors (Lipinski definition) is 8. The van der Waals surface area contributed by atoms with E-state index >= 15 is 0 Å². The molecule has 1 aromatic carbocycles. The number of carboxylic acid groups (broad SMARTS) is 2. The minimum atomic E-state index is -1.83. The molecule has 0 atom stereocenters. The van der Waals surface area contributed by atoms with Crippen molar-refractivity contribution in [3.05, 3.63) is 58.7 Å². The van der Waals surface area contributed by atoms with E-state index in [1.807, 2.05) is 12.1 Å². The third kappa shape index (κ3) is 7.10. The van der Waals surface area contributed by atoms with Crippen LogP contribution in [0.5, 0.6) is 5.75 Å². The molecule has 41 heavy (non-hydrogen) atoms. The number of ether oxygens (including phenoxy) is 3. The summed E-state index contributed by atoms with van der Waals surface area (Å²) in [4.78, 5) is 18.1. The van der Waals surface area contributed by atoms with Crippen LogP contribution in [-0.2, 0) is 9.47 Å². The highest BCUT2D eigenvalue weighted by molar-refractivity contribution is 9.10. The van der Waals surface area contributed by atoms with E-state index < -0.39 is 12.0 Å². The van der Waals surface area contributed by atoms with Gasteiger partial charge in [-0.2, -0.15) is 9.61 Å². The van der Waals surface area contributed by atoms with E-state index in [9.17, 15) is 4.39 Å². The lowest BCUT2D eigenvalue weighted by molar-refractivity contribution is -0.00299. The van der Waals surface area contributed by atoms with Crippen LogP contribution in [0, 0.1) is 5.82 Å². The molecule has 1 aliphatic carbocycles. The second kappa shape index (κ2) is 13.7. The van der Waals surface area contributed by atoms with Crippen molar-refractivity contribution in [3.8, 4) is 28.1 Å². The molecule has 0 amide bonds. The first-order chi connectivity index (χ1) is 19.7. The molecule has 0 bridgehead atoms. The maximum absolute atomic E-state index is 14.2. The van der Waals surface area contributed by atoms with Crippen molar-refractivity contribution >= 4 is 33.6 Å². The molecule has 1 saturated carbocycles. The van der Waals surface area contributed by atoms with Gasteiger partial charge >= 0.3 is 6.16 Å². The molecule has 218 valence electrons. The van der Waals surface area contributed by atoms with Crippen molar-refractivity contribution in [2.24, 2.45) is 0 Å². The van der Waals surface area contributed by atoms with Gasteiger partial charge in [-0.25, -0.2) is 14.2 Å². The van der Waals surface area contributed by atoms with Crippen LogP contribution in [0.2, 0.25) is 0 Å². The second-order valence-electron chi connectivity index (χ2n) is 9.39. The van der Waals surface area contributed by atoms with Crippen LogP contribution < -0.4 is 10.5 Å². The monoisotopic (exact) mass is 631 g/mol. The third-order valence-electron chi connectivity index (χ3n) is 6.87. The van der Waals surface area contributed by atoms with Crippen LogP contribution in [0.15, 0.2) is 47.2 Å². The first-order valence-corrected chi connectivity index (χ1v) is 13.7. The molecule has 4 N–H and O–H groups in total. The van der Waals surface area contributed by atoms with Crippen molar-refractivity contribution < 1.29 is 33.6 Å². The van der Waals surface area contributed by atoms with Gasteiger partial charge in [0.15, 0.2) is 17.2 Å². The van der Waals surface area contributed by atoms with Crippen molar-refractivity contribution in [3.63, 3.8) is 0 Å². The summed E-state index contributed by atoms with van der Waals surface area (Å²) in [7, 11) is 3.12. The number of nitrogens with zero attached hydrogens (tertiary/aromatic N) is 4. The van der Waals surface area contributed by atoms with Gasteiger partial charge in [0.2, 0.25) is 0 Å². The van der Waals surface area contributed by atoms with Crippen LogP contribution in [0.4, 0.5) is 15.0 Å². The van der Waals surface area contributed by atoms with Gasteiger partial charge < -0.3 is 30.2 Å². The van der Waals surface area contributed by atoms with Gasteiger partial charge in [0.1, 0.15) is 5.82 Å². The standard InChI is InChI=1S/C27H29BrFN5O3.CH2O3/c1-35-11-12-37-19-7-3-16(4-8-19)25-24(28)26(30)34-27(33-25)20(15-32-34)18-5-9-22(31-14-18)17-6-10-23(36-2)21(29)13-17;2-1(3)4/h5-6,9-10,13-16,19H,3-4,7-8,11-12,30H2,1-2H3;(H2,2,3,4). The number of benzene rings is 1. The van der Waals surface area contributed by atoms with Gasteiger partial charge in [-0.1, -0.05) is 6.07 Å². The second-order valence-corrected chi connectivity index (χ2v) is 10.2. The predicted molar refractivity (Wildman–Crippen MR) is 154 cm³/mol. The number of nitrogen functional groups attached to an aromatic ring is 1. The molecule has 4 aromatic rings. The topological polar surface area (TPSA) is 154 Å². The van der Waals surface area contributed by atoms with E-state index in [2.05, 4.69) is 26.0 Å². The number of methoxy groups -OCH3 is 2. The van der Waals surface area contributed by atoms with Gasteiger partial charge in [0, 0.05) is 35.9 Å². The Hall–Kier alpha value is -3.81. The average Bonchev–Trinajstić information content (AvgIpc) is 3.39. The Morgan fingerprint density at radius 3 is 2.41 bits per heavy atom. The quantitative estimate of drug-likeness (QED) is 0.201. The third-order valence-corrected chi connectivity index (χ3v) is 7.68. The predicted octanol–water partition coefficient (Wildman–Crippen LogP) is 5.86. The van der Waals surface area contributed by atoms with Gasteiger partial charge in [-0.05, 0) is 65.9 Å². The minimum Gasteiger partial charge on any atom is -0.494 e. The summed E-state index contributed by atoms with van der Waals surface area (Å²) in [5.41, 5.74) is 11.1. The normalized spacial score (nSPS) is 16.7. The number of hydrogen-bond donors (Lipinski definition) is 3. The lowest BCUT2D eigenvalue weighted by atomic mass is 9.85. The molecule has 5 rings (SSSR count). The summed E-state index contributed by atoms with van der Waals surface area (Å²) >= 11 is 3.67. The number of anilines is 1. The molecule has 0 spiro atoms. The van der Waals surface area contributed by atoms with Gasteiger partial charge in [-0.15, -0.1) is 0 Å². The molecule has 0 saturated heterocycles. The molecule has 0 unspecified atom stereocenters. The molecular weight excluding hydrogens is 601 g/mol. The smallest absolute Gasteiger partial charge is 0.494 e. The lowest BCUT2D eigenvalue weighted by Gasteiger charge is -2.29. The Kier molecular flexibility index (Phi) is 10.1. The summed E-state index contributed by atoms with van der Waals surface area (Å²) in [6.45, 7) is 1.23. The summed E-state index contributed by atoms with van der Waals surface area (Å²) < 4.78 is 32.6. The van der Waals surface area contributed by atoms with Gasteiger partial charge in [-0.3, -0.25) is 4.98 Å². The summed E-state index contributed by atoms with van der Waals surface area (Å²) in [5, 5.41) is 18.4. The SMILES string of the molecule is COCCOC1CCC(c2nc3c(-c4ccc(-c5ccc(OC)c(F)c5)nc4)cnn3c(N)c2Br)CC1.O=C(O)O. The molecule has 11 nitrogen and oxygen atoms in total. The average molecular weight is 632 g/mol. The Balaban J connectivity index is 0.000000909. The van der Waals surface area contributed by atoms with Gasteiger partial charge in [0.25, 0.3) is 0 Å². The first-order valence-electron chi connectivity index (χ1n) is 12.9. The molecule has 3 aromatic heterocycles. The zero-order chi connectivity index (χ0) is 29.5. The molecular formula is C28H31BrFN5O6. The highest BCUT2D eigenvalue weighted by atomic mass is 79.9. The van der Waals surface area contributed by atoms with E-state index in [0.717, 1.165) is 47.0 Å². The molecule has 13 heteroatoms. The summed E-state index contributed by atoms with van der Waals surface area (Å²) in [6, 6.07) is 8.58. The van der Waals surface area contributed by atoms with Crippen molar-refractivity contribution in [1.82, 2.24) is 19.6 Å². The summed E-state index contributed by atoms with van der Waals surface area (Å²) in [6.07, 6.45) is 5.79. The maximum Gasteiger partial charge on any atom is 0.503 e. The molecule has 0 radical (unpaired) electrons. The number of rotatable bonds is 8. The van der Waals surface area contributed by atoms with E-state index in [4.69, 9.17) is 39.9 Å². The number of nitrogens with two attached hydrogens (primary N) is 1. The van der Waals surface area contributed by atoms with E-state index in [0.29, 0.717) is 35.9 Å². The Morgan fingerprint density at radius 2 is 1.80 bits per heavy atom. The van der Waals surface area contributed by atoms with Crippen LogP contribution >= 0.6 is 15.9 Å². The molecule has 1 aliphatic rings. The highest BCUT2D eigenvalue weighted by Crippen LogP contribution is 2.39. The van der Waals surface area contributed by atoms with Gasteiger partial charge in [0.05, 0.1) is 48.5 Å². The van der Waals surface area contributed by atoms with Crippen molar-refractivity contribution in [1.29, 1.82) is 0 Å². The van der Waals surface area contributed by atoms with E-state index in [1.54, 1.807) is 36.2 Å². The fourth-order valence-electron chi connectivity index (χ4n) is 4.84. The minimum absolute atomic E-state index is 0.199. The molecule has 3 heterocycles. The lowest BCUT2D eigenvalue weighted by Crippen LogP contribution is -2.23. The van der Waals surface area contributed by atoms with Crippen LogP contribution in [0.25, 0.3) is 28.0 Å². The zero-order valence-electron chi connectivity index (χ0n) is 22.6. The Morgan fingerprint density at radius 1 is 1.10 bits per heavy atom. The molecule has 1 fully saturated rings. The number of fused-ring (bicyclic) bond motifs is 1. The Bertz CT molecular complexity index is 1490. The van der Waals surface area contributed by atoms with E-state index in [-0.39, 0.29) is 17.8 Å². The molecule has 0 aliphatic heterocycles. The number of pyridine rings is 1. The maximum atomic E-state index is 14.2. The fourth-order valence-corrected chi connectivity index (χ4v) is 5.42. The number of halogens is 2.